The van der Waals surface area contributed by atoms with Gasteiger partial charge in [-0.2, -0.15) is 16.8 Å². The lowest BCUT2D eigenvalue weighted by Gasteiger charge is -2.40. The van der Waals surface area contributed by atoms with Crippen LogP contribution in [0.2, 0.25) is 0 Å². The van der Waals surface area contributed by atoms with E-state index in [1.54, 1.807) is 0 Å². The largest absolute Gasteiger partial charge is 0.295 e. The van der Waals surface area contributed by atoms with E-state index in [-0.39, 0.29) is 13.2 Å². The Labute approximate surface area is 145 Å². The third-order valence-corrected chi connectivity index (χ3v) is 4.72. The molecule has 0 aliphatic carbocycles. The second-order valence-corrected chi connectivity index (χ2v) is 9.98. The summed E-state index contributed by atoms with van der Waals surface area (Å²) in [4.78, 5) is 2.64. The van der Waals surface area contributed by atoms with Crippen molar-refractivity contribution in [3.63, 3.8) is 0 Å². The maximum absolute atomic E-state index is 11.6. The van der Waals surface area contributed by atoms with Crippen LogP contribution in [0.15, 0.2) is 5.11 Å². The van der Waals surface area contributed by atoms with Crippen molar-refractivity contribution in [1.29, 1.82) is 0 Å². The lowest BCUT2D eigenvalue weighted by Crippen LogP contribution is -2.50. The van der Waals surface area contributed by atoms with Crippen LogP contribution in [0.3, 0.4) is 0 Å². The summed E-state index contributed by atoms with van der Waals surface area (Å²) in [5.74, 6) is -0.544. The molecule has 4 atom stereocenters. The molecule has 0 amide bonds. The van der Waals surface area contributed by atoms with Crippen LogP contribution in [0.25, 0.3) is 10.4 Å². The van der Waals surface area contributed by atoms with Crippen LogP contribution in [-0.4, -0.2) is 54.6 Å². The summed E-state index contributed by atoms with van der Waals surface area (Å²) in [5.41, 5.74) is 8.02. The van der Waals surface area contributed by atoms with E-state index < -0.39 is 43.7 Å². The fraction of sp³-hybridized carbons (Fsp3) is 1.00. The monoisotopic (exact) mass is 404 g/mol. The molecule has 2 unspecified atom stereocenters. The van der Waals surface area contributed by atoms with Crippen molar-refractivity contribution in [2.24, 2.45) is 16.4 Å². The Hall–Kier alpha value is -0.480. The first kappa shape index (κ1) is 23.5. The van der Waals surface area contributed by atoms with Gasteiger partial charge in [-0.15, -0.1) is 0 Å². The topological polar surface area (TPSA) is 148 Å². The first-order valence-corrected chi connectivity index (χ1v) is 11.1. The lowest BCUT2D eigenvalue weighted by atomic mass is 9.73. The predicted molar refractivity (Wildman–Crippen MR) is 94.1 cm³/mol. The van der Waals surface area contributed by atoms with Crippen LogP contribution in [0.4, 0.5) is 0 Å². The minimum Gasteiger partial charge on any atom is -0.295 e. The number of hydrogen-bond donors (Lipinski definition) is 1. The highest BCUT2D eigenvalue weighted by Crippen LogP contribution is 2.34. The van der Waals surface area contributed by atoms with Crippen molar-refractivity contribution in [2.45, 2.75) is 32.9 Å². The summed E-state index contributed by atoms with van der Waals surface area (Å²) in [6, 6.07) is -0.592. The highest BCUT2D eigenvalue weighted by molar-refractivity contribution is 7.86. The summed E-state index contributed by atoms with van der Waals surface area (Å²) < 4.78 is 55.5. The van der Waals surface area contributed by atoms with Gasteiger partial charge in [-0.1, -0.05) is 35.3 Å². The van der Waals surface area contributed by atoms with Crippen molar-refractivity contribution in [3.8, 4) is 0 Å². The summed E-state index contributed by atoms with van der Waals surface area (Å²) in [6.45, 7) is 5.04. The van der Waals surface area contributed by atoms with E-state index >= 15 is 0 Å². The van der Waals surface area contributed by atoms with Crippen molar-refractivity contribution in [3.05, 3.63) is 10.4 Å². The van der Waals surface area contributed by atoms with E-state index in [0.29, 0.717) is 0 Å². The van der Waals surface area contributed by atoms with E-state index in [2.05, 4.69) is 24.5 Å². The maximum Gasteiger partial charge on any atom is 0.264 e. The van der Waals surface area contributed by atoms with Crippen LogP contribution < -0.4 is 5.09 Å². The average Bonchev–Trinajstić information content (AvgIpc) is 2.35. The van der Waals surface area contributed by atoms with E-state index in [1.165, 1.54) is 0 Å². The standard InChI is InChI=1S/C11H25N4O6PS2/c1-11(2,3)10(8(14-22)7-20-23(4,16)17)9(6-13-15-12)21-24(5,18)19/h8-10,14H,6-7,22H2,1-5H3/t8-,9-,10?/m1/s1. The molecule has 24 heavy (non-hydrogen) atoms. The number of hydrogen-bond acceptors (Lipinski definition) is 8. The van der Waals surface area contributed by atoms with Crippen molar-refractivity contribution in [1.82, 2.24) is 5.09 Å². The van der Waals surface area contributed by atoms with Gasteiger partial charge in [-0.05, 0) is 10.9 Å². The first-order valence-electron chi connectivity index (χ1n) is 6.91. The summed E-state index contributed by atoms with van der Waals surface area (Å²) in [7, 11) is -5.25. The van der Waals surface area contributed by atoms with Crippen LogP contribution in [0.5, 0.6) is 0 Å². The Bertz CT molecular complexity index is 654. The smallest absolute Gasteiger partial charge is 0.264 e. The number of rotatable bonds is 10. The predicted octanol–water partition coefficient (Wildman–Crippen LogP) is 1.03. The zero-order chi connectivity index (χ0) is 19.2. The molecule has 0 bridgehead atoms. The van der Waals surface area contributed by atoms with Crippen molar-refractivity contribution < 1.29 is 25.2 Å². The van der Waals surface area contributed by atoms with Gasteiger partial charge < -0.3 is 0 Å². The van der Waals surface area contributed by atoms with Gasteiger partial charge in [0, 0.05) is 16.9 Å². The first-order chi connectivity index (χ1) is 10.7. The van der Waals surface area contributed by atoms with E-state index in [4.69, 9.17) is 13.9 Å². The van der Waals surface area contributed by atoms with Gasteiger partial charge in [0.1, 0.15) is 0 Å². The minimum atomic E-state index is -3.82. The highest BCUT2D eigenvalue weighted by Gasteiger charge is 2.40. The fourth-order valence-corrected chi connectivity index (χ4v) is 3.74. The van der Waals surface area contributed by atoms with Crippen LogP contribution >= 0.6 is 9.39 Å². The molecule has 0 aromatic rings. The van der Waals surface area contributed by atoms with Gasteiger partial charge in [0.25, 0.3) is 20.2 Å². The molecule has 0 spiro atoms. The molecule has 0 rings (SSSR count). The lowest BCUT2D eigenvalue weighted by molar-refractivity contribution is 0.0381. The molecule has 13 heteroatoms. The summed E-state index contributed by atoms with van der Waals surface area (Å²) >= 11 is 0. The summed E-state index contributed by atoms with van der Waals surface area (Å²) in [5, 5.41) is 6.26. The molecule has 1 N–H and O–H groups in total. The van der Waals surface area contributed by atoms with Gasteiger partial charge in [-0.25, -0.2) is 0 Å². The molecular formula is C11H25N4O6PS2. The Morgan fingerprint density at radius 1 is 1.21 bits per heavy atom. The summed E-state index contributed by atoms with van der Waals surface area (Å²) in [6.07, 6.45) is 0.826. The van der Waals surface area contributed by atoms with Gasteiger partial charge in [0.2, 0.25) is 0 Å². The van der Waals surface area contributed by atoms with Crippen molar-refractivity contribution in [2.75, 3.05) is 25.7 Å². The Morgan fingerprint density at radius 3 is 2.08 bits per heavy atom. The third-order valence-electron chi connectivity index (χ3n) is 3.13. The minimum absolute atomic E-state index is 0.229. The molecule has 0 fully saturated rings. The normalized spacial score (nSPS) is 16.9. The number of nitrogens with one attached hydrogen (secondary N) is 1. The van der Waals surface area contributed by atoms with E-state index in [0.717, 1.165) is 12.5 Å². The molecule has 0 aliphatic rings. The van der Waals surface area contributed by atoms with Crippen LogP contribution in [0.1, 0.15) is 20.8 Å². The van der Waals surface area contributed by atoms with Gasteiger partial charge >= 0.3 is 0 Å². The zero-order valence-corrected chi connectivity index (χ0v) is 17.1. The molecular weight excluding hydrogens is 379 g/mol. The second-order valence-electron chi connectivity index (χ2n) is 6.41. The molecule has 0 aromatic carbocycles. The molecule has 142 valence electrons. The Morgan fingerprint density at radius 2 is 1.75 bits per heavy atom. The fourth-order valence-electron chi connectivity index (χ4n) is 2.42. The molecule has 0 aliphatic heterocycles. The molecule has 10 nitrogen and oxygen atoms in total. The second kappa shape index (κ2) is 9.28. The highest BCUT2D eigenvalue weighted by atomic mass is 32.2. The molecule has 0 saturated carbocycles. The molecule has 0 heterocycles. The van der Waals surface area contributed by atoms with Crippen LogP contribution in [0, 0.1) is 11.3 Å². The Balaban J connectivity index is 5.75. The zero-order valence-electron chi connectivity index (χ0n) is 14.3. The molecule has 0 saturated heterocycles. The van der Waals surface area contributed by atoms with Crippen molar-refractivity contribution >= 4 is 29.6 Å². The quantitative estimate of drug-likeness (QED) is 0.188. The third kappa shape index (κ3) is 9.73. The number of nitrogens with zero attached hydrogens (tertiary/aromatic N) is 3. The van der Waals surface area contributed by atoms with E-state index in [9.17, 15) is 16.8 Å². The SMILES string of the molecule is CC(C)(C)C([C@@H](COS(C)(=O)=O)NP)[C@@H](CN=[N+]=[N-])OS(C)(=O)=O. The number of azide groups is 1. The van der Waals surface area contributed by atoms with Gasteiger partial charge in [-0.3, -0.25) is 13.5 Å². The average molecular weight is 404 g/mol. The molecule has 0 radical (unpaired) electrons. The van der Waals surface area contributed by atoms with Crippen LogP contribution in [-0.2, 0) is 28.6 Å². The molecule has 0 aromatic heterocycles. The van der Waals surface area contributed by atoms with E-state index in [1.807, 2.05) is 20.8 Å². The Kier molecular flexibility index (Phi) is 9.10. The van der Waals surface area contributed by atoms with Gasteiger partial charge in [0.15, 0.2) is 0 Å². The van der Waals surface area contributed by atoms with Gasteiger partial charge in [0.05, 0.1) is 31.8 Å². The maximum atomic E-state index is 11.6.